The number of hydrogen-bond acceptors (Lipinski definition) is 3. The highest BCUT2D eigenvalue weighted by atomic mass is 32.1. The van der Waals surface area contributed by atoms with Gasteiger partial charge in [-0.2, -0.15) is 0 Å². The summed E-state index contributed by atoms with van der Waals surface area (Å²) in [5.41, 5.74) is 1.86. The first-order valence-electron chi connectivity index (χ1n) is 5.50. The van der Waals surface area contributed by atoms with Gasteiger partial charge in [0.05, 0.1) is 16.4 Å². The zero-order valence-corrected chi connectivity index (χ0v) is 11.0. The van der Waals surface area contributed by atoms with E-state index in [4.69, 9.17) is 0 Å². The van der Waals surface area contributed by atoms with E-state index in [2.05, 4.69) is 36.1 Å². The van der Waals surface area contributed by atoms with Crippen LogP contribution in [0.25, 0.3) is 0 Å². The number of hydrogen-bond donors (Lipinski definition) is 0. The normalized spacial score (nSPS) is 11.8. The third kappa shape index (κ3) is 3.09. The van der Waals surface area contributed by atoms with Crippen molar-refractivity contribution in [3.63, 3.8) is 0 Å². The molecule has 0 unspecified atom stereocenters. The van der Waals surface area contributed by atoms with Gasteiger partial charge in [0.25, 0.3) is 0 Å². The molecule has 0 fully saturated rings. The molecular formula is C13H15FN2S. The fourth-order valence-corrected chi connectivity index (χ4v) is 2.47. The van der Waals surface area contributed by atoms with E-state index < -0.39 is 0 Å². The molecule has 0 aliphatic heterocycles. The Balaban J connectivity index is 2.17. The smallest absolute Gasteiger partial charge is 0.126 e. The maximum atomic E-state index is 13.0. The number of aromatic nitrogens is 2. The summed E-state index contributed by atoms with van der Waals surface area (Å²) in [6.45, 7) is 6.39. The second-order valence-electron chi connectivity index (χ2n) is 5.02. The van der Waals surface area contributed by atoms with Gasteiger partial charge >= 0.3 is 0 Å². The molecule has 0 saturated heterocycles. The van der Waals surface area contributed by atoms with Crippen LogP contribution in [0.2, 0.25) is 0 Å². The van der Waals surface area contributed by atoms with Crippen molar-refractivity contribution in [3.8, 4) is 0 Å². The summed E-state index contributed by atoms with van der Waals surface area (Å²) >= 11 is 1.60. The Hall–Kier alpha value is -1.29. The molecule has 0 spiro atoms. The van der Waals surface area contributed by atoms with Crippen molar-refractivity contribution in [3.05, 3.63) is 45.9 Å². The van der Waals surface area contributed by atoms with E-state index in [0.29, 0.717) is 6.42 Å². The molecule has 90 valence electrons. The molecule has 2 rings (SSSR count). The molecule has 0 N–H and O–H groups in total. The molecule has 0 aliphatic carbocycles. The van der Waals surface area contributed by atoms with Crippen molar-refractivity contribution >= 4 is 11.3 Å². The Labute approximate surface area is 105 Å². The van der Waals surface area contributed by atoms with Crippen molar-refractivity contribution in [2.75, 3.05) is 0 Å². The van der Waals surface area contributed by atoms with Crippen molar-refractivity contribution in [1.82, 2.24) is 9.97 Å². The van der Waals surface area contributed by atoms with E-state index in [0.717, 1.165) is 16.4 Å². The second-order valence-corrected chi connectivity index (χ2v) is 5.96. The van der Waals surface area contributed by atoms with Crippen molar-refractivity contribution in [1.29, 1.82) is 0 Å². The molecule has 2 aromatic heterocycles. The van der Waals surface area contributed by atoms with Gasteiger partial charge in [0.1, 0.15) is 5.82 Å². The minimum Gasteiger partial charge on any atom is -0.261 e. The molecule has 0 amide bonds. The first kappa shape index (κ1) is 12.2. The quantitative estimate of drug-likeness (QED) is 0.814. The predicted octanol–water partition coefficient (Wildman–Crippen LogP) is 3.57. The van der Waals surface area contributed by atoms with Gasteiger partial charge in [-0.05, 0) is 12.1 Å². The maximum absolute atomic E-state index is 13.0. The molecule has 2 heterocycles. The Morgan fingerprint density at radius 1 is 1.35 bits per heavy atom. The van der Waals surface area contributed by atoms with Crippen LogP contribution in [0.4, 0.5) is 4.39 Å². The molecule has 0 radical (unpaired) electrons. The third-order valence-electron chi connectivity index (χ3n) is 2.43. The molecule has 2 aromatic rings. The zero-order chi connectivity index (χ0) is 12.5. The lowest BCUT2D eigenvalue weighted by Gasteiger charge is -2.14. The molecule has 0 atom stereocenters. The Bertz CT molecular complexity index is 514. The van der Waals surface area contributed by atoms with Crippen LogP contribution in [0, 0.1) is 5.82 Å². The zero-order valence-electron chi connectivity index (χ0n) is 10.2. The first-order valence-corrected chi connectivity index (χ1v) is 6.38. The second kappa shape index (κ2) is 4.53. The number of thiazole rings is 1. The average Bonchev–Trinajstić information content (AvgIpc) is 2.65. The van der Waals surface area contributed by atoms with Gasteiger partial charge < -0.3 is 0 Å². The van der Waals surface area contributed by atoms with Crippen LogP contribution in [-0.2, 0) is 11.8 Å². The van der Waals surface area contributed by atoms with Gasteiger partial charge in [-0.25, -0.2) is 9.37 Å². The topological polar surface area (TPSA) is 25.8 Å². The molecule has 4 heteroatoms. The average molecular weight is 250 g/mol. The fraction of sp³-hybridized carbons (Fsp3) is 0.385. The minimum absolute atomic E-state index is 0.0596. The summed E-state index contributed by atoms with van der Waals surface area (Å²) in [5, 5.41) is 3.04. The number of pyridine rings is 1. The lowest BCUT2D eigenvalue weighted by atomic mass is 9.93. The molecule has 0 aromatic carbocycles. The van der Waals surface area contributed by atoms with Gasteiger partial charge in [0.15, 0.2) is 0 Å². The molecule has 17 heavy (non-hydrogen) atoms. The lowest BCUT2D eigenvalue weighted by Crippen LogP contribution is -2.11. The van der Waals surface area contributed by atoms with Crippen molar-refractivity contribution in [2.45, 2.75) is 32.6 Å². The van der Waals surface area contributed by atoms with Gasteiger partial charge in [-0.3, -0.25) is 4.98 Å². The van der Waals surface area contributed by atoms with Crippen LogP contribution in [0.15, 0.2) is 23.7 Å². The van der Waals surface area contributed by atoms with Crippen LogP contribution >= 0.6 is 11.3 Å². The van der Waals surface area contributed by atoms with Crippen LogP contribution in [0.5, 0.6) is 0 Å². The van der Waals surface area contributed by atoms with E-state index in [9.17, 15) is 4.39 Å². The van der Waals surface area contributed by atoms with Crippen LogP contribution in [-0.4, -0.2) is 9.97 Å². The van der Waals surface area contributed by atoms with Gasteiger partial charge in [-0.1, -0.05) is 20.8 Å². The van der Waals surface area contributed by atoms with E-state index in [-0.39, 0.29) is 11.2 Å². The van der Waals surface area contributed by atoms with E-state index in [1.807, 2.05) is 0 Å². The Morgan fingerprint density at radius 3 is 2.71 bits per heavy atom. The lowest BCUT2D eigenvalue weighted by molar-refractivity contribution is 0.571. The molecule has 0 bridgehead atoms. The maximum Gasteiger partial charge on any atom is 0.126 e. The summed E-state index contributed by atoms with van der Waals surface area (Å²) < 4.78 is 13.0. The van der Waals surface area contributed by atoms with Crippen LogP contribution in [0.3, 0.4) is 0 Å². The Kier molecular flexibility index (Phi) is 3.24. The standard InChI is InChI=1S/C13H15FN2S/c1-13(2,3)11-8-17-12(16-11)7-10-6-9(14)4-5-15-10/h4-6,8H,7H2,1-3H3. The SMILES string of the molecule is CC(C)(C)c1csc(Cc2cc(F)ccn2)n1. The third-order valence-corrected chi connectivity index (χ3v) is 3.28. The van der Waals surface area contributed by atoms with Crippen molar-refractivity contribution in [2.24, 2.45) is 0 Å². The summed E-state index contributed by atoms with van der Waals surface area (Å²) in [6.07, 6.45) is 2.08. The summed E-state index contributed by atoms with van der Waals surface area (Å²) in [5.74, 6) is -0.248. The highest BCUT2D eigenvalue weighted by Gasteiger charge is 2.17. The number of halogens is 1. The van der Waals surface area contributed by atoms with E-state index in [1.54, 1.807) is 11.3 Å². The predicted molar refractivity (Wildman–Crippen MR) is 67.8 cm³/mol. The van der Waals surface area contributed by atoms with Crippen LogP contribution < -0.4 is 0 Å². The summed E-state index contributed by atoms with van der Waals surface area (Å²) in [4.78, 5) is 8.70. The largest absolute Gasteiger partial charge is 0.261 e. The van der Waals surface area contributed by atoms with Crippen LogP contribution in [0.1, 0.15) is 37.2 Å². The molecule has 0 saturated carbocycles. The summed E-state index contributed by atoms with van der Waals surface area (Å²) in [7, 11) is 0. The highest BCUT2D eigenvalue weighted by molar-refractivity contribution is 7.09. The van der Waals surface area contributed by atoms with E-state index >= 15 is 0 Å². The van der Waals surface area contributed by atoms with Gasteiger partial charge in [-0.15, -0.1) is 11.3 Å². The molecule has 0 aliphatic rings. The minimum atomic E-state index is -0.248. The monoisotopic (exact) mass is 250 g/mol. The number of nitrogens with zero attached hydrogens (tertiary/aromatic N) is 2. The number of rotatable bonds is 2. The summed E-state index contributed by atoms with van der Waals surface area (Å²) in [6, 6.07) is 2.81. The molecular weight excluding hydrogens is 235 g/mol. The van der Waals surface area contributed by atoms with E-state index in [1.165, 1.54) is 18.3 Å². The molecule has 2 nitrogen and oxygen atoms in total. The fourth-order valence-electron chi connectivity index (χ4n) is 1.44. The van der Waals surface area contributed by atoms with Crippen molar-refractivity contribution < 1.29 is 4.39 Å². The first-order chi connectivity index (χ1) is 7.95. The van der Waals surface area contributed by atoms with Gasteiger partial charge in [0.2, 0.25) is 0 Å². The Morgan fingerprint density at radius 2 is 2.12 bits per heavy atom. The highest BCUT2D eigenvalue weighted by Crippen LogP contribution is 2.24. The van der Waals surface area contributed by atoms with Gasteiger partial charge in [0, 0.05) is 23.4 Å².